The van der Waals surface area contributed by atoms with Crippen molar-refractivity contribution in [2.24, 2.45) is 0 Å². The molecule has 8 heteroatoms. The Kier molecular flexibility index (Phi) is 5.69. The zero-order valence-corrected chi connectivity index (χ0v) is 15.4. The van der Waals surface area contributed by atoms with Gasteiger partial charge in [-0.3, -0.25) is 14.4 Å². The summed E-state index contributed by atoms with van der Waals surface area (Å²) in [6.45, 7) is 1.48. The number of rotatable bonds is 6. The number of hydrogen-bond acceptors (Lipinski definition) is 6. The van der Waals surface area contributed by atoms with Crippen molar-refractivity contribution in [2.75, 3.05) is 12.4 Å². The molecule has 0 aliphatic rings. The third-order valence-electron chi connectivity index (χ3n) is 4.12. The Hall–Kier alpha value is -3.68. The number of hydrogen-bond donors (Lipinski definition) is 2. The highest BCUT2D eigenvalue weighted by atomic mass is 16.5. The molecular weight excluding hydrogens is 362 g/mol. The second-order valence-corrected chi connectivity index (χ2v) is 6.07. The fourth-order valence-corrected chi connectivity index (χ4v) is 2.65. The maximum absolute atomic E-state index is 12.2. The number of carbonyl (C=O) groups excluding carboxylic acids is 2. The second-order valence-electron chi connectivity index (χ2n) is 6.07. The highest BCUT2D eigenvalue weighted by molar-refractivity contribution is 5.95. The van der Waals surface area contributed by atoms with Crippen LogP contribution in [-0.4, -0.2) is 35.3 Å². The molecule has 2 N–H and O–H groups in total. The summed E-state index contributed by atoms with van der Waals surface area (Å²) in [5.41, 5.74) is 0.602. The van der Waals surface area contributed by atoms with Crippen molar-refractivity contribution in [2.45, 2.75) is 19.4 Å². The number of carbonyl (C=O) groups is 2. The molecule has 0 aliphatic heterocycles. The fraction of sp³-hybridized carbons (Fsp3) is 0.200. The van der Waals surface area contributed by atoms with Gasteiger partial charge in [-0.1, -0.05) is 18.2 Å². The van der Waals surface area contributed by atoms with E-state index in [-0.39, 0.29) is 12.0 Å². The summed E-state index contributed by atoms with van der Waals surface area (Å²) in [6, 6.07) is 13.6. The maximum Gasteiger partial charge on any atom is 0.312 e. The molecule has 1 heterocycles. The molecule has 1 atom stereocenters. The monoisotopic (exact) mass is 381 g/mol. The number of benzene rings is 2. The predicted octanol–water partition coefficient (Wildman–Crippen LogP) is 2.04. The molecule has 3 rings (SSSR count). The van der Waals surface area contributed by atoms with Crippen molar-refractivity contribution >= 4 is 28.3 Å². The summed E-state index contributed by atoms with van der Waals surface area (Å²) >= 11 is 0. The summed E-state index contributed by atoms with van der Waals surface area (Å²) in [6.07, 6.45) is -1.17. The topological polar surface area (TPSA) is 110 Å². The van der Waals surface area contributed by atoms with E-state index in [1.807, 2.05) is 0 Å². The predicted molar refractivity (Wildman–Crippen MR) is 103 cm³/mol. The minimum atomic E-state index is -0.997. The van der Waals surface area contributed by atoms with Gasteiger partial charge in [-0.2, -0.15) is 5.10 Å². The SMILES string of the molecule is COc1ccc(NC(=O)[C@H](C)OC(=O)Cc2n[nH]c(=O)c3ccccc23)cc1. The van der Waals surface area contributed by atoms with Gasteiger partial charge in [0, 0.05) is 11.1 Å². The third-order valence-corrected chi connectivity index (χ3v) is 4.12. The molecule has 144 valence electrons. The lowest BCUT2D eigenvalue weighted by Crippen LogP contribution is -2.30. The minimum absolute atomic E-state index is 0.169. The first-order valence-electron chi connectivity index (χ1n) is 8.58. The van der Waals surface area contributed by atoms with Crippen LogP contribution < -0.4 is 15.6 Å². The number of ether oxygens (including phenoxy) is 2. The van der Waals surface area contributed by atoms with Crippen molar-refractivity contribution in [3.05, 3.63) is 64.6 Å². The lowest BCUT2D eigenvalue weighted by molar-refractivity contribution is -0.152. The zero-order valence-electron chi connectivity index (χ0n) is 15.4. The lowest BCUT2D eigenvalue weighted by atomic mass is 10.1. The molecule has 0 radical (unpaired) electrons. The van der Waals surface area contributed by atoms with Gasteiger partial charge in [0.2, 0.25) is 0 Å². The number of amides is 1. The number of nitrogens with one attached hydrogen (secondary N) is 2. The van der Waals surface area contributed by atoms with Crippen LogP contribution in [0.25, 0.3) is 10.8 Å². The van der Waals surface area contributed by atoms with Crippen LogP contribution in [0.2, 0.25) is 0 Å². The van der Waals surface area contributed by atoms with Crippen molar-refractivity contribution in [3.8, 4) is 5.75 Å². The van der Waals surface area contributed by atoms with Crippen molar-refractivity contribution in [1.82, 2.24) is 10.2 Å². The van der Waals surface area contributed by atoms with Gasteiger partial charge in [0.1, 0.15) is 5.75 Å². The average molecular weight is 381 g/mol. The van der Waals surface area contributed by atoms with Gasteiger partial charge in [-0.15, -0.1) is 0 Å². The Morgan fingerprint density at radius 3 is 2.46 bits per heavy atom. The third kappa shape index (κ3) is 4.35. The molecule has 3 aromatic rings. The normalized spacial score (nSPS) is 11.6. The summed E-state index contributed by atoms with van der Waals surface area (Å²) in [5, 5.41) is 9.96. The van der Waals surface area contributed by atoms with Crippen LogP contribution in [0.4, 0.5) is 5.69 Å². The highest BCUT2D eigenvalue weighted by Gasteiger charge is 2.19. The van der Waals surface area contributed by atoms with E-state index in [9.17, 15) is 14.4 Å². The van der Waals surface area contributed by atoms with E-state index in [1.54, 1.807) is 55.6 Å². The first-order chi connectivity index (χ1) is 13.5. The Morgan fingerprint density at radius 1 is 1.11 bits per heavy atom. The van der Waals surface area contributed by atoms with Crippen LogP contribution >= 0.6 is 0 Å². The van der Waals surface area contributed by atoms with E-state index in [1.165, 1.54) is 6.92 Å². The standard InChI is InChI=1S/C20H19N3O5/c1-12(19(25)21-13-7-9-14(27-2)10-8-13)28-18(24)11-17-15-5-3-4-6-16(15)20(26)23-22-17/h3-10,12H,11H2,1-2H3,(H,21,25)(H,23,26)/t12-/m0/s1. The van der Waals surface area contributed by atoms with Crippen LogP contribution in [0.5, 0.6) is 5.75 Å². The summed E-state index contributed by atoms with van der Waals surface area (Å²) in [4.78, 5) is 36.3. The number of aromatic nitrogens is 2. The number of esters is 1. The van der Waals surface area contributed by atoms with Gasteiger partial charge in [0.15, 0.2) is 6.10 Å². The molecule has 28 heavy (non-hydrogen) atoms. The number of nitrogens with zero attached hydrogens (tertiary/aromatic N) is 1. The molecule has 0 aliphatic carbocycles. The fourth-order valence-electron chi connectivity index (χ4n) is 2.65. The van der Waals surface area contributed by atoms with E-state index in [0.717, 1.165) is 0 Å². The molecule has 2 aromatic carbocycles. The molecule has 0 spiro atoms. The van der Waals surface area contributed by atoms with Gasteiger partial charge in [0.05, 0.1) is 24.6 Å². The van der Waals surface area contributed by atoms with Gasteiger partial charge in [0.25, 0.3) is 11.5 Å². The zero-order chi connectivity index (χ0) is 20.1. The first-order valence-corrected chi connectivity index (χ1v) is 8.58. The Bertz CT molecular complexity index is 1060. The van der Waals surface area contributed by atoms with E-state index >= 15 is 0 Å². The molecule has 0 fully saturated rings. The highest BCUT2D eigenvalue weighted by Crippen LogP contribution is 2.16. The van der Waals surface area contributed by atoms with Crippen LogP contribution in [0.15, 0.2) is 53.3 Å². The van der Waals surface area contributed by atoms with Crippen molar-refractivity contribution in [3.63, 3.8) is 0 Å². The first kappa shape index (κ1) is 19.1. The lowest BCUT2D eigenvalue weighted by Gasteiger charge is -2.14. The smallest absolute Gasteiger partial charge is 0.312 e. The largest absolute Gasteiger partial charge is 0.497 e. The van der Waals surface area contributed by atoms with Crippen LogP contribution in [0.1, 0.15) is 12.6 Å². The number of aromatic amines is 1. The van der Waals surface area contributed by atoms with E-state index in [0.29, 0.717) is 27.9 Å². The number of fused-ring (bicyclic) bond motifs is 1. The molecule has 1 aromatic heterocycles. The van der Waals surface area contributed by atoms with Gasteiger partial charge >= 0.3 is 5.97 Å². The average Bonchev–Trinajstić information content (AvgIpc) is 2.71. The molecule has 0 saturated heterocycles. The second kappa shape index (κ2) is 8.34. The van der Waals surface area contributed by atoms with E-state index < -0.39 is 18.0 Å². The number of H-pyrrole nitrogens is 1. The molecule has 0 bridgehead atoms. The van der Waals surface area contributed by atoms with Crippen molar-refractivity contribution in [1.29, 1.82) is 0 Å². The quantitative estimate of drug-likeness (QED) is 0.632. The van der Waals surface area contributed by atoms with Gasteiger partial charge in [-0.25, -0.2) is 5.10 Å². The summed E-state index contributed by atoms with van der Waals surface area (Å²) in [7, 11) is 1.55. The van der Waals surface area contributed by atoms with Crippen LogP contribution in [0.3, 0.4) is 0 Å². The number of anilines is 1. The van der Waals surface area contributed by atoms with Crippen molar-refractivity contribution < 1.29 is 19.1 Å². The van der Waals surface area contributed by atoms with Gasteiger partial charge < -0.3 is 14.8 Å². The Morgan fingerprint density at radius 2 is 1.79 bits per heavy atom. The summed E-state index contributed by atoms with van der Waals surface area (Å²) < 4.78 is 10.3. The van der Waals surface area contributed by atoms with Gasteiger partial charge in [-0.05, 0) is 37.3 Å². The van der Waals surface area contributed by atoms with Crippen LogP contribution in [-0.2, 0) is 20.7 Å². The molecule has 0 saturated carbocycles. The summed E-state index contributed by atoms with van der Waals surface area (Å²) in [5.74, 6) is -0.419. The number of methoxy groups -OCH3 is 1. The maximum atomic E-state index is 12.2. The minimum Gasteiger partial charge on any atom is -0.497 e. The molecule has 0 unspecified atom stereocenters. The Balaban J connectivity index is 1.63. The molecule has 1 amide bonds. The van der Waals surface area contributed by atoms with E-state index in [2.05, 4.69) is 15.5 Å². The molecular formula is C20H19N3O5. The Labute approximate surface area is 160 Å². The van der Waals surface area contributed by atoms with Crippen LogP contribution in [0, 0.1) is 0 Å². The van der Waals surface area contributed by atoms with E-state index in [4.69, 9.17) is 9.47 Å². The molecule has 8 nitrogen and oxygen atoms in total.